The van der Waals surface area contributed by atoms with E-state index in [0.29, 0.717) is 16.6 Å². The van der Waals surface area contributed by atoms with Gasteiger partial charge in [-0.3, -0.25) is 10.1 Å². The minimum atomic E-state index is -1.04. The first kappa shape index (κ1) is 10.2. The number of nitrogens with zero attached hydrogens (tertiary/aromatic N) is 1. The zero-order chi connectivity index (χ0) is 11.9. The van der Waals surface area contributed by atoms with Crippen LogP contribution in [0.25, 0.3) is 10.9 Å². The summed E-state index contributed by atoms with van der Waals surface area (Å²) in [6, 6.07) is 4.07. The highest BCUT2D eigenvalue weighted by Gasteiger charge is 2.16. The van der Waals surface area contributed by atoms with Crippen molar-refractivity contribution in [2.24, 2.45) is 0 Å². The SMILES string of the molecule is Cc1[nH]c2cc([N+](=O)[O-])ccc2c1C(=O)O. The number of aromatic nitrogens is 1. The van der Waals surface area contributed by atoms with E-state index in [1.165, 1.54) is 18.2 Å². The van der Waals surface area contributed by atoms with Gasteiger partial charge in [-0.1, -0.05) is 0 Å². The Bertz CT molecular complexity index is 600. The maximum Gasteiger partial charge on any atom is 0.338 e. The Morgan fingerprint density at radius 1 is 1.50 bits per heavy atom. The number of H-pyrrole nitrogens is 1. The van der Waals surface area contributed by atoms with Crippen molar-refractivity contribution in [2.75, 3.05) is 0 Å². The maximum absolute atomic E-state index is 11.0. The number of aryl methyl sites for hydroxylation is 1. The van der Waals surface area contributed by atoms with Crippen LogP contribution < -0.4 is 0 Å². The van der Waals surface area contributed by atoms with E-state index < -0.39 is 10.9 Å². The van der Waals surface area contributed by atoms with Crippen LogP contribution in [0.3, 0.4) is 0 Å². The van der Waals surface area contributed by atoms with Crippen molar-refractivity contribution in [3.63, 3.8) is 0 Å². The molecule has 0 bridgehead atoms. The van der Waals surface area contributed by atoms with Gasteiger partial charge in [-0.15, -0.1) is 0 Å². The van der Waals surface area contributed by atoms with Gasteiger partial charge in [0.2, 0.25) is 0 Å². The molecule has 0 fully saturated rings. The fraction of sp³-hybridized carbons (Fsp3) is 0.100. The summed E-state index contributed by atoms with van der Waals surface area (Å²) in [5, 5.41) is 20.0. The molecule has 82 valence electrons. The first-order valence-electron chi connectivity index (χ1n) is 4.50. The molecule has 6 heteroatoms. The van der Waals surface area contributed by atoms with Crippen LogP contribution in [0.15, 0.2) is 18.2 Å². The number of hydrogen-bond acceptors (Lipinski definition) is 3. The summed E-state index contributed by atoms with van der Waals surface area (Å²) in [5.74, 6) is -1.04. The minimum absolute atomic E-state index is 0.0642. The summed E-state index contributed by atoms with van der Waals surface area (Å²) in [4.78, 5) is 23.8. The molecule has 0 atom stereocenters. The lowest BCUT2D eigenvalue weighted by molar-refractivity contribution is -0.384. The van der Waals surface area contributed by atoms with Gasteiger partial charge in [-0.25, -0.2) is 4.79 Å². The zero-order valence-corrected chi connectivity index (χ0v) is 8.35. The number of carboxylic acids is 1. The molecule has 2 N–H and O–H groups in total. The summed E-state index contributed by atoms with van der Waals surface area (Å²) < 4.78 is 0. The number of fused-ring (bicyclic) bond motifs is 1. The third-order valence-electron chi connectivity index (χ3n) is 2.39. The van der Waals surface area contributed by atoms with Crippen LogP contribution in [-0.4, -0.2) is 21.0 Å². The molecule has 2 rings (SSSR count). The Morgan fingerprint density at radius 2 is 2.19 bits per heavy atom. The summed E-state index contributed by atoms with van der Waals surface area (Å²) in [6.45, 7) is 1.62. The largest absolute Gasteiger partial charge is 0.478 e. The van der Waals surface area contributed by atoms with Crippen molar-refractivity contribution in [1.29, 1.82) is 0 Å². The average molecular weight is 220 g/mol. The molecule has 0 aliphatic rings. The van der Waals surface area contributed by atoms with E-state index in [0.717, 1.165) is 0 Å². The number of aromatic amines is 1. The monoisotopic (exact) mass is 220 g/mol. The first-order valence-corrected chi connectivity index (χ1v) is 4.50. The molecule has 0 aliphatic carbocycles. The van der Waals surface area contributed by atoms with Crippen LogP contribution in [0.1, 0.15) is 16.1 Å². The van der Waals surface area contributed by atoms with E-state index in [1.54, 1.807) is 6.92 Å². The van der Waals surface area contributed by atoms with Crippen molar-refractivity contribution >= 4 is 22.6 Å². The van der Waals surface area contributed by atoms with Crippen molar-refractivity contribution in [3.05, 3.63) is 39.6 Å². The summed E-state index contributed by atoms with van der Waals surface area (Å²) in [7, 11) is 0. The third-order valence-corrected chi connectivity index (χ3v) is 2.39. The van der Waals surface area contributed by atoms with Gasteiger partial charge in [0, 0.05) is 23.2 Å². The Labute approximate surface area is 89.7 Å². The van der Waals surface area contributed by atoms with Crippen LogP contribution in [0, 0.1) is 17.0 Å². The molecular weight excluding hydrogens is 212 g/mol. The molecule has 0 saturated heterocycles. The topological polar surface area (TPSA) is 96.2 Å². The summed E-state index contributed by atoms with van der Waals surface area (Å²) >= 11 is 0. The van der Waals surface area contributed by atoms with Gasteiger partial charge < -0.3 is 10.1 Å². The van der Waals surface area contributed by atoms with E-state index >= 15 is 0 Å². The molecule has 1 heterocycles. The van der Waals surface area contributed by atoms with E-state index in [-0.39, 0.29) is 11.3 Å². The van der Waals surface area contributed by atoms with Gasteiger partial charge in [0.1, 0.15) is 0 Å². The molecular formula is C10H8N2O4. The second-order valence-corrected chi connectivity index (χ2v) is 3.42. The summed E-state index contributed by atoms with van der Waals surface area (Å²) in [6.07, 6.45) is 0. The number of hydrogen-bond donors (Lipinski definition) is 2. The fourth-order valence-corrected chi connectivity index (χ4v) is 1.71. The van der Waals surface area contributed by atoms with E-state index in [2.05, 4.69) is 4.98 Å². The number of benzene rings is 1. The van der Waals surface area contributed by atoms with E-state index in [4.69, 9.17) is 5.11 Å². The third kappa shape index (κ3) is 1.40. The van der Waals surface area contributed by atoms with Crippen molar-refractivity contribution in [2.45, 2.75) is 6.92 Å². The Hall–Kier alpha value is -2.37. The summed E-state index contributed by atoms with van der Waals surface area (Å²) in [5.41, 5.74) is 1.04. The predicted molar refractivity (Wildman–Crippen MR) is 56.6 cm³/mol. The van der Waals surface area contributed by atoms with Crippen molar-refractivity contribution < 1.29 is 14.8 Å². The highest BCUT2D eigenvalue weighted by molar-refractivity contribution is 6.05. The van der Waals surface area contributed by atoms with Gasteiger partial charge in [0.15, 0.2) is 0 Å². The molecule has 1 aromatic carbocycles. The van der Waals surface area contributed by atoms with Crippen LogP contribution >= 0.6 is 0 Å². The molecule has 0 aliphatic heterocycles. The van der Waals surface area contributed by atoms with Crippen LogP contribution in [0.4, 0.5) is 5.69 Å². The van der Waals surface area contributed by atoms with Gasteiger partial charge in [0.05, 0.1) is 16.0 Å². The predicted octanol–water partition coefficient (Wildman–Crippen LogP) is 2.08. The molecule has 0 amide bonds. The number of nitro groups is 1. The highest BCUT2D eigenvalue weighted by Crippen LogP contribution is 2.25. The van der Waals surface area contributed by atoms with Crippen molar-refractivity contribution in [3.8, 4) is 0 Å². The maximum atomic E-state index is 11.0. The minimum Gasteiger partial charge on any atom is -0.478 e. The fourth-order valence-electron chi connectivity index (χ4n) is 1.71. The Balaban J connectivity index is 2.75. The second-order valence-electron chi connectivity index (χ2n) is 3.42. The molecule has 0 unspecified atom stereocenters. The number of nitro benzene ring substituents is 1. The Morgan fingerprint density at radius 3 is 2.75 bits per heavy atom. The number of rotatable bonds is 2. The molecule has 0 radical (unpaired) electrons. The molecule has 0 saturated carbocycles. The molecule has 6 nitrogen and oxygen atoms in total. The number of non-ortho nitro benzene ring substituents is 1. The Kier molecular flexibility index (Phi) is 2.12. The molecule has 1 aromatic heterocycles. The van der Waals surface area contributed by atoms with Crippen LogP contribution in [-0.2, 0) is 0 Å². The van der Waals surface area contributed by atoms with E-state index in [9.17, 15) is 14.9 Å². The van der Waals surface area contributed by atoms with E-state index in [1.807, 2.05) is 0 Å². The second kappa shape index (κ2) is 3.34. The lowest BCUT2D eigenvalue weighted by Crippen LogP contribution is -1.96. The smallest absolute Gasteiger partial charge is 0.338 e. The van der Waals surface area contributed by atoms with Crippen LogP contribution in [0.5, 0.6) is 0 Å². The first-order chi connectivity index (χ1) is 7.50. The van der Waals surface area contributed by atoms with Gasteiger partial charge in [-0.2, -0.15) is 0 Å². The number of carbonyl (C=O) groups is 1. The molecule has 2 aromatic rings. The zero-order valence-electron chi connectivity index (χ0n) is 8.35. The standard InChI is InChI=1S/C10H8N2O4/c1-5-9(10(13)14)7-3-2-6(12(15)16)4-8(7)11-5/h2-4,11H,1H3,(H,13,14). The van der Waals surface area contributed by atoms with Crippen LogP contribution in [0.2, 0.25) is 0 Å². The number of aromatic carboxylic acids is 1. The average Bonchev–Trinajstić information content (AvgIpc) is 2.51. The van der Waals surface area contributed by atoms with Crippen molar-refractivity contribution in [1.82, 2.24) is 4.98 Å². The normalized spacial score (nSPS) is 10.6. The van der Waals surface area contributed by atoms with Gasteiger partial charge in [0.25, 0.3) is 5.69 Å². The van der Waals surface area contributed by atoms with Gasteiger partial charge >= 0.3 is 5.97 Å². The van der Waals surface area contributed by atoms with Gasteiger partial charge in [-0.05, 0) is 13.0 Å². The lowest BCUT2D eigenvalue weighted by Gasteiger charge is -1.93. The quantitative estimate of drug-likeness (QED) is 0.598. The number of nitrogens with one attached hydrogen (secondary N) is 1. The molecule has 16 heavy (non-hydrogen) atoms. The molecule has 0 spiro atoms. The number of carboxylic acid groups (broad SMARTS) is 1. The lowest BCUT2D eigenvalue weighted by atomic mass is 10.1. The highest BCUT2D eigenvalue weighted by atomic mass is 16.6.